The van der Waals surface area contributed by atoms with Crippen LogP contribution in [0.3, 0.4) is 0 Å². The van der Waals surface area contributed by atoms with E-state index in [1.807, 2.05) is 0 Å². The molecule has 5 nitrogen and oxygen atoms in total. The highest BCUT2D eigenvalue weighted by Gasteiger charge is 2.23. The quantitative estimate of drug-likeness (QED) is 0.882. The van der Waals surface area contributed by atoms with Crippen molar-refractivity contribution in [3.05, 3.63) is 28.8 Å². The van der Waals surface area contributed by atoms with Crippen molar-refractivity contribution in [1.29, 1.82) is 0 Å². The van der Waals surface area contributed by atoms with Gasteiger partial charge in [-0.2, -0.15) is 0 Å². The summed E-state index contributed by atoms with van der Waals surface area (Å²) >= 11 is 5.80. The van der Waals surface area contributed by atoms with Crippen molar-refractivity contribution in [3.63, 3.8) is 0 Å². The van der Waals surface area contributed by atoms with Gasteiger partial charge in [0.2, 0.25) is 0 Å². The van der Waals surface area contributed by atoms with Gasteiger partial charge in [-0.1, -0.05) is 11.6 Å². The predicted octanol–water partition coefficient (Wildman–Crippen LogP) is 2.16. The first kappa shape index (κ1) is 12.9. The van der Waals surface area contributed by atoms with E-state index in [0.717, 1.165) is 6.42 Å². The molecular formula is C12H12ClNO4. The number of carboxylic acid groups (broad SMARTS) is 1. The molecule has 18 heavy (non-hydrogen) atoms. The molecule has 0 saturated carbocycles. The standard InChI is InChI=1S/C12H12ClNO4/c13-9-6-7(3-4-8(9)12(16)17)14-11(15)10-2-1-5-18-10/h3-4,6,10H,1-2,5H2,(H,14,15)(H,16,17)/t10-/m1/s1. The number of anilines is 1. The number of ether oxygens (including phenoxy) is 1. The van der Waals surface area contributed by atoms with Crippen LogP contribution in [-0.2, 0) is 9.53 Å². The van der Waals surface area contributed by atoms with Gasteiger partial charge in [0.25, 0.3) is 5.91 Å². The molecule has 1 aromatic carbocycles. The molecule has 1 atom stereocenters. The molecule has 1 saturated heterocycles. The topological polar surface area (TPSA) is 75.6 Å². The summed E-state index contributed by atoms with van der Waals surface area (Å²) in [7, 11) is 0. The summed E-state index contributed by atoms with van der Waals surface area (Å²) in [4.78, 5) is 22.5. The van der Waals surface area contributed by atoms with Crippen LogP contribution in [0, 0.1) is 0 Å². The van der Waals surface area contributed by atoms with Crippen LogP contribution < -0.4 is 5.32 Å². The van der Waals surface area contributed by atoms with Gasteiger partial charge in [0, 0.05) is 12.3 Å². The molecule has 1 aliphatic rings. The Morgan fingerprint density at radius 3 is 2.78 bits per heavy atom. The second kappa shape index (κ2) is 5.37. The summed E-state index contributed by atoms with van der Waals surface area (Å²) in [6.45, 7) is 0.594. The SMILES string of the molecule is O=C(O)c1ccc(NC(=O)[C@H]2CCCO2)cc1Cl. The molecule has 1 aliphatic heterocycles. The Bertz CT molecular complexity index is 483. The smallest absolute Gasteiger partial charge is 0.337 e. The Morgan fingerprint density at radius 1 is 1.44 bits per heavy atom. The summed E-state index contributed by atoms with van der Waals surface area (Å²) < 4.78 is 5.24. The highest BCUT2D eigenvalue weighted by atomic mass is 35.5. The van der Waals surface area contributed by atoms with Crippen molar-refractivity contribution in [3.8, 4) is 0 Å². The van der Waals surface area contributed by atoms with Crippen LogP contribution in [0.15, 0.2) is 18.2 Å². The molecule has 6 heteroatoms. The maximum Gasteiger partial charge on any atom is 0.337 e. The number of rotatable bonds is 3. The van der Waals surface area contributed by atoms with E-state index in [9.17, 15) is 9.59 Å². The lowest BCUT2D eigenvalue weighted by Gasteiger charge is -2.11. The summed E-state index contributed by atoms with van der Waals surface area (Å²) in [5.41, 5.74) is 0.470. The van der Waals surface area contributed by atoms with E-state index in [1.54, 1.807) is 0 Å². The number of carbonyl (C=O) groups excluding carboxylic acids is 1. The maximum atomic E-state index is 11.7. The number of carboxylic acids is 1. The molecule has 1 heterocycles. The average molecular weight is 270 g/mol. The molecule has 2 N–H and O–H groups in total. The van der Waals surface area contributed by atoms with E-state index >= 15 is 0 Å². The van der Waals surface area contributed by atoms with Gasteiger partial charge in [0.1, 0.15) is 6.10 Å². The van der Waals surface area contributed by atoms with Crippen LogP contribution in [0.5, 0.6) is 0 Å². The number of halogens is 1. The Labute approximate surface area is 109 Å². The Morgan fingerprint density at radius 2 is 2.22 bits per heavy atom. The van der Waals surface area contributed by atoms with Crippen molar-refractivity contribution in [1.82, 2.24) is 0 Å². The molecular weight excluding hydrogens is 258 g/mol. The number of hydrogen-bond acceptors (Lipinski definition) is 3. The van der Waals surface area contributed by atoms with Crippen LogP contribution in [0.25, 0.3) is 0 Å². The normalized spacial score (nSPS) is 18.6. The number of aromatic carboxylic acids is 1. The lowest BCUT2D eigenvalue weighted by atomic mass is 10.2. The number of carbonyl (C=O) groups is 2. The van der Waals surface area contributed by atoms with Gasteiger partial charge in [0.15, 0.2) is 0 Å². The molecule has 1 amide bonds. The molecule has 0 radical (unpaired) electrons. The van der Waals surface area contributed by atoms with E-state index < -0.39 is 12.1 Å². The molecule has 1 aromatic rings. The van der Waals surface area contributed by atoms with E-state index in [0.29, 0.717) is 18.7 Å². The van der Waals surface area contributed by atoms with Crippen molar-refractivity contribution in [2.24, 2.45) is 0 Å². The summed E-state index contributed by atoms with van der Waals surface area (Å²) in [6, 6.07) is 4.27. The molecule has 96 valence electrons. The third-order valence-electron chi connectivity index (χ3n) is 2.69. The van der Waals surface area contributed by atoms with Crippen LogP contribution in [0.2, 0.25) is 5.02 Å². The van der Waals surface area contributed by atoms with Crippen LogP contribution in [-0.4, -0.2) is 29.7 Å². The fourth-order valence-corrected chi connectivity index (χ4v) is 2.03. The van der Waals surface area contributed by atoms with Crippen molar-refractivity contribution >= 4 is 29.2 Å². The van der Waals surface area contributed by atoms with Gasteiger partial charge in [-0.15, -0.1) is 0 Å². The van der Waals surface area contributed by atoms with Gasteiger partial charge >= 0.3 is 5.97 Å². The minimum Gasteiger partial charge on any atom is -0.478 e. The van der Waals surface area contributed by atoms with Crippen molar-refractivity contribution in [2.75, 3.05) is 11.9 Å². The highest BCUT2D eigenvalue weighted by Crippen LogP contribution is 2.22. The zero-order chi connectivity index (χ0) is 13.1. The Hall–Kier alpha value is -1.59. The fourth-order valence-electron chi connectivity index (χ4n) is 1.77. The molecule has 0 spiro atoms. The number of benzene rings is 1. The van der Waals surface area contributed by atoms with Gasteiger partial charge in [0.05, 0.1) is 10.6 Å². The van der Waals surface area contributed by atoms with E-state index in [-0.39, 0.29) is 16.5 Å². The number of amides is 1. The van der Waals surface area contributed by atoms with Gasteiger partial charge in [-0.05, 0) is 31.0 Å². The predicted molar refractivity (Wildman–Crippen MR) is 66.0 cm³/mol. The molecule has 2 rings (SSSR count). The third kappa shape index (κ3) is 2.80. The van der Waals surface area contributed by atoms with Crippen LogP contribution in [0.4, 0.5) is 5.69 Å². The average Bonchev–Trinajstić information content (AvgIpc) is 2.81. The maximum absolute atomic E-state index is 11.7. The second-order valence-corrected chi connectivity index (χ2v) is 4.40. The molecule has 0 aliphatic carbocycles. The first-order valence-corrected chi connectivity index (χ1v) is 5.91. The molecule has 1 fully saturated rings. The van der Waals surface area contributed by atoms with Crippen molar-refractivity contribution < 1.29 is 19.4 Å². The summed E-state index contributed by atoms with van der Waals surface area (Å²) in [5.74, 6) is -1.33. The van der Waals surface area contributed by atoms with Gasteiger partial charge < -0.3 is 15.2 Å². The van der Waals surface area contributed by atoms with E-state index in [1.165, 1.54) is 18.2 Å². The second-order valence-electron chi connectivity index (χ2n) is 3.99. The fraction of sp³-hybridized carbons (Fsp3) is 0.333. The minimum atomic E-state index is -1.10. The summed E-state index contributed by atoms with van der Waals surface area (Å²) in [5, 5.41) is 11.6. The lowest BCUT2D eigenvalue weighted by Crippen LogP contribution is -2.26. The van der Waals surface area contributed by atoms with E-state index in [4.69, 9.17) is 21.4 Å². The third-order valence-corrected chi connectivity index (χ3v) is 3.00. The zero-order valence-electron chi connectivity index (χ0n) is 9.48. The van der Waals surface area contributed by atoms with Gasteiger partial charge in [-0.25, -0.2) is 4.79 Å². The largest absolute Gasteiger partial charge is 0.478 e. The van der Waals surface area contributed by atoms with Gasteiger partial charge in [-0.3, -0.25) is 4.79 Å². The zero-order valence-corrected chi connectivity index (χ0v) is 10.2. The van der Waals surface area contributed by atoms with Crippen LogP contribution >= 0.6 is 11.6 Å². The molecule has 0 bridgehead atoms. The molecule has 0 aromatic heterocycles. The Kier molecular flexibility index (Phi) is 3.84. The Balaban J connectivity index is 2.07. The lowest BCUT2D eigenvalue weighted by molar-refractivity contribution is -0.124. The van der Waals surface area contributed by atoms with Crippen molar-refractivity contribution in [2.45, 2.75) is 18.9 Å². The summed E-state index contributed by atoms with van der Waals surface area (Å²) in [6.07, 6.45) is 1.15. The molecule has 0 unspecified atom stereocenters. The monoisotopic (exact) mass is 269 g/mol. The van der Waals surface area contributed by atoms with Crippen LogP contribution in [0.1, 0.15) is 23.2 Å². The number of nitrogens with one attached hydrogen (secondary N) is 1. The van der Waals surface area contributed by atoms with E-state index in [2.05, 4.69) is 5.32 Å². The first-order valence-electron chi connectivity index (χ1n) is 5.53. The first-order chi connectivity index (χ1) is 8.58. The number of hydrogen-bond donors (Lipinski definition) is 2. The highest BCUT2D eigenvalue weighted by molar-refractivity contribution is 6.33. The minimum absolute atomic E-state index is 0.00628.